The van der Waals surface area contributed by atoms with Gasteiger partial charge in [0, 0.05) is 23.3 Å². The standard InChI is InChI=1S/C24H26ClN3O4/c1-4-32-24(31)12-19-11-23(30)28(21-10-16(3)15(2)9-20(21)27-19)14-22(29)26-13-17-5-7-18(25)8-6-17/h5-11,27H,4,12-14H2,1-3H3,(H,26,29). The molecule has 0 saturated carbocycles. The number of fused-ring (bicyclic) bond motifs is 1. The van der Waals surface area contributed by atoms with Gasteiger partial charge in [0.05, 0.1) is 24.4 Å². The summed E-state index contributed by atoms with van der Waals surface area (Å²) >= 11 is 5.90. The highest BCUT2D eigenvalue weighted by atomic mass is 35.5. The monoisotopic (exact) mass is 455 g/mol. The summed E-state index contributed by atoms with van der Waals surface area (Å²) in [6, 6.07) is 10.9. The van der Waals surface area contributed by atoms with Gasteiger partial charge < -0.3 is 15.4 Å². The number of halogens is 1. The Bertz CT molecular complexity index is 1060. The highest BCUT2D eigenvalue weighted by Crippen LogP contribution is 2.33. The van der Waals surface area contributed by atoms with Crippen molar-refractivity contribution in [3.05, 3.63) is 69.9 Å². The number of carbonyl (C=O) groups excluding carboxylic acids is 3. The van der Waals surface area contributed by atoms with Crippen molar-refractivity contribution < 1.29 is 19.1 Å². The van der Waals surface area contributed by atoms with Gasteiger partial charge >= 0.3 is 5.97 Å². The SMILES string of the molecule is CCOC(=O)CC1=CC(=O)N(CC(=O)NCc2ccc(Cl)cc2)c2cc(C)c(C)cc2N1. The molecule has 1 aliphatic heterocycles. The maximum Gasteiger partial charge on any atom is 0.311 e. The maximum atomic E-state index is 13.0. The third-order valence-corrected chi connectivity index (χ3v) is 5.36. The van der Waals surface area contributed by atoms with Crippen LogP contribution in [0.2, 0.25) is 5.02 Å². The van der Waals surface area contributed by atoms with E-state index in [0.29, 0.717) is 28.6 Å². The van der Waals surface area contributed by atoms with E-state index in [4.69, 9.17) is 16.3 Å². The highest BCUT2D eigenvalue weighted by molar-refractivity contribution is 6.30. The van der Waals surface area contributed by atoms with E-state index in [9.17, 15) is 14.4 Å². The second-order valence-corrected chi connectivity index (χ2v) is 7.99. The summed E-state index contributed by atoms with van der Waals surface area (Å²) in [7, 11) is 0. The van der Waals surface area contributed by atoms with Gasteiger partial charge in [-0.2, -0.15) is 0 Å². The number of aryl methyl sites for hydroxylation is 2. The van der Waals surface area contributed by atoms with Gasteiger partial charge in [0.15, 0.2) is 0 Å². The Hall–Kier alpha value is -3.32. The fourth-order valence-corrected chi connectivity index (χ4v) is 3.43. The Morgan fingerprint density at radius 3 is 2.50 bits per heavy atom. The van der Waals surface area contributed by atoms with Crippen LogP contribution in [0.15, 0.2) is 48.2 Å². The molecule has 0 atom stereocenters. The molecule has 8 heteroatoms. The number of anilines is 2. The fraction of sp³-hybridized carbons (Fsp3) is 0.292. The third-order valence-electron chi connectivity index (χ3n) is 5.11. The van der Waals surface area contributed by atoms with E-state index in [-0.39, 0.29) is 31.4 Å². The van der Waals surface area contributed by atoms with Crippen molar-refractivity contribution in [1.29, 1.82) is 0 Å². The lowest BCUT2D eigenvalue weighted by Crippen LogP contribution is -2.40. The van der Waals surface area contributed by atoms with Gasteiger partial charge in [0.2, 0.25) is 5.91 Å². The lowest BCUT2D eigenvalue weighted by atomic mass is 10.1. The molecular weight excluding hydrogens is 430 g/mol. The minimum atomic E-state index is -0.432. The average molecular weight is 456 g/mol. The van der Waals surface area contributed by atoms with E-state index >= 15 is 0 Å². The van der Waals surface area contributed by atoms with Crippen LogP contribution in [-0.2, 0) is 25.7 Å². The van der Waals surface area contributed by atoms with E-state index in [0.717, 1.165) is 16.7 Å². The molecule has 7 nitrogen and oxygen atoms in total. The average Bonchev–Trinajstić information content (AvgIpc) is 2.85. The number of carbonyl (C=O) groups is 3. The van der Waals surface area contributed by atoms with Crippen LogP contribution in [0.1, 0.15) is 30.0 Å². The second-order valence-electron chi connectivity index (χ2n) is 7.56. The fourth-order valence-electron chi connectivity index (χ4n) is 3.31. The van der Waals surface area contributed by atoms with Crippen LogP contribution in [0.4, 0.5) is 11.4 Å². The third kappa shape index (κ3) is 5.88. The Morgan fingerprint density at radius 1 is 1.12 bits per heavy atom. The molecule has 1 heterocycles. The van der Waals surface area contributed by atoms with E-state index in [1.165, 1.54) is 11.0 Å². The van der Waals surface area contributed by atoms with Gasteiger partial charge in [-0.3, -0.25) is 19.3 Å². The molecule has 2 aromatic rings. The Balaban J connectivity index is 1.81. The van der Waals surface area contributed by atoms with Gasteiger partial charge in [-0.1, -0.05) is 23.7 Å². The second kappa shape index (κ2) is 10.3. The van der Waals surface area contributed by atoms with Crippen molar-refractivity contribution in [2.24, 2.45) is 0 Å². The van der Waals surface area contributed by atoms with Crippen LogP contribution in [0.3, 0.4) is 0 Å². The zero-order valence-electron chi connectivity index (χ0n) is 18.3. The van der Waals surface area contributed by atoms with Crippen molar-refractivity contribution in [2.45, 2.75) is 33.7 Å². The molecule has 32 heavy (non-hydrogen) atoms. The summed E-state index contributed by atoms with van der Waals surface area (Å²) in [5, 5.41) is 6.62. The van der Waals surface area contributed by atoms with Gasteiger partial charge in [-0.25, -0.2) is 0 Å². The molecule has 0 radical (unpaired) electrons. The van der Waals surface area contributed by atoms with Crippen molar-refractivity contribution in [3.8, 4) is 0 Å². The lowest BCUT2D eigenvalue weighted by molar-refractivity contribution is -0.142. The summed E-state index contributed by atoms with van der Waals surface area (Å²) in [6.45, 7) is 6.05. The molecule has 0 bridgehead atoms. The molecule has 0 unspecified atom stereocenters. The van der Waals surface area contributed by atoms with Gasteiger partial charge in [-0.15, -0.1) is 0 Å². The van der Waals surface area contributed by atoms with E-state index < -0.39 is 5.97 Å². The predicted molar refractivity (Wildman–Crippen MR) is 125 cm³/mol. The Labute approximate surface area is 192 Å². The summed E-state index contributed by atoms with van der Waals surface area (Å²) in [5.41, 5.74) is 4.55. The van der Waals surface area contributed by atoms with Crippen molar-refractivity contribution in [3.63, 3.8) is 0 Å². The Morgan fingerprint density at radius 2 is 1.81 bits per heavy atom. The normalized spacial score (nSPS) is 12.9. The predicted octanol–water partition coefficient (Wildman–Crippen LogP) is 3.87. The van der Waals surface area contributed by atoms with Crippen molar-refractivity contribution >= 4 is 40.8 Å². The number of amides is 2. The number of ether oxygens (including phenoxy) is 1. The zero-order valence-corrected chi connectivity index (χ0v) is 19.1. The number of hydrogen-bond donors (Lipinski definition) is 2. The lowest BCUT2D eigenvalue weighted by Gasteiger charge is -2.23. The molecule has 2 N–H and O–H groups in total. The molecule has 2 aromatic carbocycles. The molecule has 3 rings (SSSR count). The highest BCUT2D eigenvalue weighted by Gasteiger charge is 2.26. The van der Waals surface area contributed by atoms with Crippen LogP contribution < -0.4 is 15.5 Å². The van der Waals surface area contributed by atoms with E-state index in [1.54, 1.807) is 19.1 Å². The molecule has 0 saturated heterocycles. The Kier molecular flexibility index (Phi) is 7.53. The van der Waals surface area contributed by atoms with Crippen LogP contribution in [0, 0.1) is 13.8 Å². The van der Waals surface area contributed by atoms with Crippen LogP contribution >= 0.6 is 11.6 Å². The smallest absolute Gasteiger partial charge is 0.311 e. The summed E-state index contributed by atoms with van der Waals surface area (Å²) in [5.74, 6) is -1.13. The van der Waals surface area contributed by atoms with Gasteiger partial charge in [0.25, 0.3) is 5.91 Å². The van der Waals surface area contributed by atoms with Crippen molar-refractivity contribution in [1.82, 2.24) is 5.32 Å². The zero-order chi connectivity index (χ0) is 23.3. The molecule has 2 amide bonds. The largest absolute Gasteiger partial charge is 0.466 e. The number of hydrogen-bond acceptors (Lipinski definition) is 5. The maximum absolute atomic E-state index is 13.0. The summed E-state index contributed by atoms with van der Waals surface area (Å²) < 4.78 is 5.01. The van der Waals surface area contributed by atoms with Gasteiger partial charge in [-0.05, 0) is 61.7 Å². The molecule has 0 aromatic heterocycles. The molecular formula is C24H26ClN3O4. The minimum absolute atomic E-state index is 0.0669. The van der Waals surface area contributed by atoms with E-state index in [2.05, 4.69) is 10.6 Å². The topological polar surface area (TPSA) is 87.7 Å². The molecule has 0 spiro atoms. The number of benzene rings is 2. The van der Waals surface area contributed by atoms with Crippen LogP contribution in [0.25, 0.3) is 0 Å². The van der Waals surface area contributed by atoms with Gasteiger partial charge in [0.1, 0.15) is 6.54 Å². The molecule has 0 fully saturated rings. The number of esters is 1. The van der Waals surface area contributed by atoms with E-state index in [1.807, 2.05) is 38.1 Å². The first kappa shape index (κ1) is 23.3. The molecule has 168 valence electrons. The quantitative estimate of drug-likeness (QED) is 0.619. The number of nitrogens with zero attached hydrogens (tertiary/aromatic N) is 1. The molecule has 1 aliphatic rings. The number of nitrogens with one attached hydrogen (secondary N) is 2. The minimum Gasteiger partial charge on any atom is -0.466 e. The van der Waals surface area contributed by atoms with Crippen LogP contribution in [0.5, 0.6) is 0 Å². The van der Waals surface area contributed by atoms with Crippen molar-refractivity contribution in [2.75, 3.05) is 23.4 Å². The summed E-state index contributed by atoms with van der Waals surface area (Å²) in [6.07, 6.45) is 1.27. The van der Waals surface area contributed by atoms with Crippen LogP contribution in [-0.4, -0.2) is 30.9 Å². The number of rotatable bonds is 7. The molecule has 0 aliphatic carbocycles. The first-order valence-corrected chi connectivity index (χ1v) is 10.7. The summed E-state index contributed by atoms with van der Waals surface area (Å²) in [4.78, 5) is 39.1. The first-order valence-electron chi connectivity index (χ1n) is 10.3. The first-order chi connectivity index (χ1) is 15.3.